The zero-order valence-electron chi connectivity index (χ0n) is 11.7. The molecular formula is C15H21BrO3. The molecule has 1 aromatic rings. The number of halogens is 1. The largest absolute Gasteiger partial charge is 0.487 e. The van der Waals surface area contributed by atoms with Crippen LogP contribution in [0.4, 0.5) is 0 Å². The summed E-state index contributed by atoms with van der Waals surface area (Å²) in [6, 6.07) is 6.15. The van der Waals surface area contributed by atoms with Gasteiger partial charge >= 0.3 is 0 Å². The van der Waals surface area contributed by atoms with E-state index in [1.165, 1.54) is 11.1 Å². The van der Waals surface area contributed by atoms with E-state index in [9.17, 15) is 0 Å². The maximum atomic E-state index is 6.08. The molecule has 0 amide bonds. The van der Waals surface area contributed by atoms with Crippen LogP contribution in [-0.4, -0.2) is 37.4 Å². The molecule has 4 heteroatoms. The third-order valence-corrected chi connectivity index (χ3v) is 4.51. The number of hydrogen-bond donors (Lipinski definition) is 0. The van der Waals surface area contributed by atoms with Crippen molar-refractivity contribution in [2.75, 3.05) is 20.3 Å². The number of benzene rings is 1. The minimum atomic E-state index is 0.107. The summed E-state index contributed by atoms with van der Waals surface area (Å²) in [4.78, 5) is 0.375. The Bertz CT molecular complexity index is 422. The normalized spacial score (nSPS) is 26.0. The van der Waals surface area contributed by atoms with Crippen molar-refractivity contribution in [1.82, 2.24) is 0 Å². The second kappa shape index (κ2) is 6.73. The van der Waals surface area contributed by atoms with E-state index in [-0.39, 0.29) is 12.2 Å². The Balaban J connectivity index is 1.93. The predicted octanol–water partition coefficient (Wildman–Crippen LogP) is 3.25. The van der Waals surface area contributed by atoms with Crippen molar-refractivity contribution >= 4 is 15.9 Å². The van der Waals surface area contributed by atoms with Gasteiger partial charge < -0.3 is 14.2 Å². The van der Waals surface area contributed by atoms with Crippen LogP contribution in [0.15, 0.2) is 18.2 Å². The van der Waals surface area contributed by atoms with E-state index in [2.05, 4.69) is 35.8 Å². The van der Waals surface area contributed by atoms with Crippen LogP contribution in [0.25, 0.3) is 0 Å². The first-order valence-corrected chi connectivity index (χ1v) is 7.52. The van der Waals surface area contributed by atoms with Gasteiger partial charge in [-0.2, -0.15) is 0 Å². The van der Waals surface area contributed by atoms with Crippen LogP contribution in [-0.2, 0) is 9.47 Å². The second-order valence-electron chi connectivity index (χ2n) is 4.93. The molecule has 3 atom stereocenters. The zero-order chi connectivity index (χ0) is 13.8. The van der Waals surface area contributed by atoms with E-state index < -0.39 is 0 Å². The van der Waals surface area contributed by atoms with E-state index in [1.54, 1.807) is 7.11 Å². The molecule has 3 unspecified atom stereocenters. The first-order valence-electron chi connectivity index (χ1n) is 6.61. The minimum Gasteiger partial charge on any atom is -0.487 e. The van der Waals surface area contributed by atoms with Crippen molar-refractivity contribution in [2.24, 2.45) is 0 Å². The van der Waals surface area contributed by atoms with Crippen molar-refractivity contribution in [2.45, 2.75) is 37.3 Å². The Labute approximate surface area is 123 Å². The lowest BCUT2D eigenvalue weighted by Gasteiger charge is -2.41. The molecule has 1 fully saturated rings. The van der Waals surface area contributed by atoms with Crippen LogP contribution in [0.5, 0.6) is 5.75 Å². The lowest BCUT2D eigenvalue weighted by molar-refractivity contribution is -0.0867. The first-order chi connectivity index (χ1) is 9.13. The monoisotopic (exact) mass is 328 g/mol. The average Bonchev–Trinajstić information content (AvgIpc) is 2.39. The van der Waals surface area contributed by atoms with Gasteiger partial charge in [-0.15, -0.1) is 0 Å². The van der Waals surface area contributed by atoms with E-state index in [0.717, 1.165) is 12.2 Å². The number of aryl methyl sites for hydroxylation is 1. The van der Waals surface area contributed by atoms with E-state index in [1.807, 2.05) is 12.1 Å². The lowest BCUT2D eigenvalue weighted by atomic mass is 9.91. The summed E-state index contributed by atoms with van der Waals surface area (Å²) in [5.74, 6) is 0.963. The standard InChI is InChI=1S/C15H21BrO3/c1-10-5-4-6-13(11(10)2)19-14-9-12(16)15(14)18-8-7-17-3/h4-6,12,14-15H,7-9H2,1-3H3. The van der Waals surface area contributed by atoms with Crippen LogP contribution < -0.4 is 4.74 Å². The fourth-order valence-corrected chi connectivity index (χ4v) is 3.00. The molecule has 106 valence electrons. The molecule has 1 aromatic carbocycles. The SMILES string of the molecule is COCCOC1C(Br)CC1Oc1cccc(C)c1C. The van der Waals surface area contributed by atoms with Crippen molar-refractivity contribution in [3.8, 4) is 5.75 Å². The quantitative estimate of drug-likeness (QED) is 0.592. The summed E-state index contributed by atoms with van der Waals surface area (Å²) >= 11 is 3.62. The van der Waals surface area contributed by atoms with Crippen LogP contribution >= 0.6 is 15.9 Å². The van der Waals surface area contributed by atoms with Gasteiger partial charge in [0.2, 0.25) is 0 Å². The van der Waals surface area contributed by atoms with E-state index >= 15 is 0 Å². The molecule has 0 aliphatic heterocycles. The molecule has 3 nitrogen and oxygen atoms in total. The lowest BCUT2D eigenvalue weighted by Crippen LogP contribution is -2.52. The highest BCUT2D eigenvalue weighted by atomic mass is 79.9. The molecule has 2 rings (SSSR count). The van der Waals surface area contributed by atoms with Crippen molar-refractivity contribution in [1.29, 1.82) is 0 Å². The summed E-state index contributed by atoms with van der Waals surface area (Å²) in [6.07, 6.45) is 1.21. The molecule has 19 heavy (non-hydrogen) atoms. The number of hydrogen-bond acceptors (Lipinski definition) is 3. The molecule has 0 saturated heterocycles. The minimum absolute atomic E-state index is 0.107. The number of ether oxygens (including phenoxy) is 3. The third kappa shape index (κ3) is 3.50. The van der Waals surface area contributed by atoms with Gasteiger partial charge in [0.05, 0.1) is 13.2 Å². The molecule has 0 aromatic heterocycles. The second-order valence-corrected chi connectivity index (χ2v) is 6.11. The smallest absolute Gasteiger partial charge is 0.127 e. The Morgan fingerprint density at radius 1 is 1.26 bits per heavy atom. The highest BCUT2D eigenvalue weighted by Crippen LogP contribution is 2.35. The molecule has 0 heterocycles. The maximum Gasteiger partial charge on any atom is 0.127 e. The Morgan fingerprint density at radius 3 is 2.74 bits per heavy atom. The predicted molar refractivity (Wildman–Crippen MR) is 79.3 cm³/mol. The van der Waals surface area contributed by atoms with E-state index in [4.69, 9.17) is 14.2 Å². The van der Waals surface area contributed by atoms with Gasteiger partial charge in [0.25, 0.3) is 0 Å². The number of methoxy groups -OCH3 is 1. The molecule has 1 aliphatic rings. The van der Waals surface area contributed by atoms with E-state index in [0.29, 0.717) is 18.0 Å². The molecule has 0 N–H and O–H groups in total. The van der Waals surface area contributed by atoms with Gasteiger partial charge in [0.1, 0.15) is 18.0 Å². The maximum absolute atomic E-state index is 6.08. The average molecular weight is 329 g/mol. The molecule has 0 bridgehead atoms. The van der Waals surface area contributed by atoms with Gasteiger partial charge in [0, 0.05) is 18.4 Å². The topological polar surface area (TPSA) is 27.7 Å². The Hall–Kier alpha value is -0.580. The number of alkyl halides is 1. The third-order valence-electron chi connectivity index (χ3n) is 3.61. The Kier molecular flexibility index (Phi) is 5.25. The molecule has 0 spiro atoms. The van der Waals surface area contributed by atoms with Gasteiger partial charge in [-0.1, -0.05) is 28.1 Å². The zero-order valence-corrected chi connectivity index (χ0v) is 13.3. The van der Waals surface area contributed by atoms with Crippen LogP contribution in [0, 0.1) is 13.8 Å². The van der Waals surface area contributed by atoms with Gasteiger partial charge in [-0.3, -0.25) is 0 Å². The molecule has 0 radical (unpaired) electrons. The Morgan fingerprint density at radius 2 is 2.05 bits per heavy atom. The summed E-state index contributed by atoms with van der Waals surface area (Å²) in [5, 5.41) is 0. The van der Waals surface area contributed by atoms with Crippen LogP contribution in [0.1, 0.15) is 17.5 Å². The van der Waals surface area contributed by atoms with Crippen molar-refractivity contribution in [3.05, 3.63) is 29.3 Å². The summed E-state index contributed by atoms with van der Waals surface area (Å²) in [6.45, 7) is 5.42. The highest BCUT2D eigenvalue weighted by Gasteiger charge is 2.42. The summed E-state index contributed by atoms with van der Waals surface area (Å²) < 4.78 is 16.9. The molecule has 1 aliphatic carbocycles. The van der Waals surface area contributed by atoms with Crippen LogP contribution in [0.3, 0.4) is 0 Å². The van der Waals surface area contributed by atoms with Gasteiger partial charge in [-0.05, 0) is 31.0 Å². The fraction of sp³-hybridized carbons (Fsp3) is 0.600. The summed E-state index contributed by atoms with van der Waals surface area (Å²) in [5.41, 5.74) is 2.46. The highest BCUT2D eigenvalue weighted by molar-refractivity contribution is 9.09. The first kappa shape index (κ1) is 14.8. The molecule has 1 saturated carbocycles. The molecular weight excluding hydrogens is 308 g/mol. The van der Waals surface area contributed by atoms with Crippen LogP contribution in [0.2, 0.25) is 0 Å². The van der Waals surface area contributed by atoms with Crippen molar-refractivity contribution in [3.63, 3.8) is 0 Å². The van der Waals surface area contributed by atoms with Crippen molar-refractivity contribution < 1.29 is 14.2 Å². The fourth-order valence-electron chi connectivity index (χ4n) is 2.14. The number of rotatable bonds is 6. The summed E-state index contributed by atoms with van der Waals surface area (Å²) in [7, 11) is 1.68. The van der Waals surface area contributed by atoms with Gasteiger partial charge in [-0.25, -0.2) is 0 Å². The van der Waals surface area contributed by atoms with Gasteiger partial charge in [0.15, 0.2) is 0 Å².